The Labute approximate surface area is 281 Å². The molecule has 14 heteroatoms. The van der Waals surface area contributed by atoms with Crippen molar-refractivity contribution in [2.75, 3.05) is 24.4 Å². The Morgan fingerprint density at radius 2 is 1.65 bits per heavy atom. The van der Waals surface area contributed by atoms with Crippen LogP contribution in [0.3, 0.4) is 0 Å². The lowest BCUT2D eigenvalue weighted by molar-refractivity contribution is -0.384. The van der Waals surface area contributed by atoms with Crippen LogP contribution in [0, 0.1) is 16.0 Å². The first-order valence-corrected chi connectivity index (χ1v) is 16.4. The highest BCUT2D eigenvalue weighted by Crippen LogP contribution is 2.54. The Hall–Kier alpha value is -5.47. The maximum Gasteiger partial charge on any atom is 0.308 e. The number of carbonyl (C=O) groups excluding carboxylic acids is 3. The van der Waals surface area contributed by atoms with Gasteiger partial charge in [-0.1, -0.05) is 65.6 Å². The second-order valence-electron chi connectivity index (χ2n) is 11.1. The number of methoxy groups -OCH3 is 2. The first-order chi connectivity index (χ1) is 23.2. The van der Waals surface area contributed by atoms with Gasteiger partial charge in [-0.2, -0.15) is 0 Å². The van der Waals surface area contributed by atoms with E-state index in [9.17, 15) is 29.3 Å². The monoisotopic (exact) mass is 682 g/mol. The zero-order valence-electron chi connectivity index (χ0n) is 25.4. The molecule has 0 spiro atoms. The van der Waals surface area contributed by atoms with Crippen LogP contribution in [0.2, 0.25) is 0 Å². The second kappa shape index (κ2) is 12.3. The number of anilines is 2. The molecular weight excluding hydrogens is 657 g/mol. The fourth-order valence-electron chi connectivity index (χ4n) is 6.31. The molecule has 12 nitrogen and oxygen atoms in total. The zero-order valence-corrected chi connectivity index (χ0v) is 27.1. The molecule has 1 N–H and O–H groups in total. The molecule has 2 aliphatic heterocycles. The average Bonchev–Trinajstić information content (AvgIpc) is 3.54. The van der Waals surface area contributed by atoms with E-state index in [1.54, 1.807) is 24.3 Å². The lowest BCUT2D eigenvalue weighted by Crippen LogP contribution is -2.33. The van der Waals surface area contributed by atoms with Gasteiger partial charge in [0.05, 0.1) is 35.8 Å². The number of rotatable bonds is 8. The number of nitro groups is 1. The van der Waals surface area contributed by atoms with Gasteiger partial charge in [0.2, 0.25) is 17.7 Å². The van der Waals surface area contributed by atoms with E-state index >= 15 is 0 Å². The second-order valence-corrected chi connectivity index (χ2v) is 13.3. The fourth-order valence-corrected chi connectivity index (χ4v) is 9.08. The predicted octanol–water partition coefficient (Wildman–Crippen LogP) is 5.42. The first-order valence-electron chi connectivity index (χ1n) is 14.7. The van der Waals surface area contributed by atoms with E-state index in [0.717, 1.165) is 38.8 Å². The third kappa shape index (κ3) is 5.18. The first kappa shape index (κ1) is 31.1. The molecule has 3 atom stereocenters. The molecule has 2 unspecified atom stereocenters. The van der Waals surface area contributed by atoms with Crippen molar-refractivity contribution in [1.82, 2.24) is 4.57 Å². The van der Waals surface area contributed by atoms with Crippen LogP contribution in [0.4, 0.5) is 17.1 Å². The summed E-state index contributed by atoms with van der Waals surface area (Å²) in [6.45, 7) is -0.314. The summed E-state index contributed by atoms with van der Waals surface area (Å²) in [5.74, 6) is -2.26. The Morgan fingerprint density at radius 1 is 0.917 bits per heavy atom. The minimum Gasteiger partial charge on any atom is -0.493 e. The number of thiazole rings is 1. The summed E-state index contributed by atoms with van der Waals surface area (Å²) < 4.78 is 12.3. The number of thioether (sulfide) groups is 1. The number of fused-ring (bicyclic) bond motifs is 3. The van der Waals surface area contributed by atoms with Gasteiger partial charge in [-0.25, -0.2) is 4.90 Å². The van der Waals surface area contributed by atoms with Crippen LogP contribution in [-0.2, 0) is 20.9 Å². The number of carbonyl (C=O) groups is 3. The Morgan fingerprint density at radius 3 is 2.38 bits per heavy atom. The summed E-state index contributed by atoms with van der Waals surface area (Å²) in [7, 11) is 2.98. The molecule has 0 bridgehead atoms. The highest BCUT2D eigenvalue weighted by molar-refractivity contribution is 8.00. The number of hydrogen-bond acceptors (Lipinski definition) is 10. The number of imide groups is 1. The quantitative estimate of drug-likeness (QED) is 0.129. The summed E-state index contributed by atoms with van der Waals surface area (Å²) in [5.41, 5.74) is 1.23. The minimum absolute atomic E-state index is 0.180. The summed E-state index contributed by atoms with van der Waals surface area (Å²) in [6.07, 6.45) is 0. The number of hydrogen-bond donors (Lipinski definition) is 1. The maximum atomic E-state index is 14.2. The number of aromatic nitrogens is 1. The lowest BCUT2D eigenvalue weighted by atomic mass is 9.83. The Kier molecular flexibility index (Phi) is 7.97. The molecular formula is C34H26N4O8S2. The van der Waals surface area contributed by atoms with Crippen molar-refractivity contribution >= 4 is 68.7 Å². The van der Waals surface area contributed by atoms with Gasteiger partial charge in [0.1, 0.15) is 11.8 Å². The Balaban J connectivity index is 1.29. The number of ether oxygens (including phenoxy) is 2. The lowest BCUT2D eigenvalue weighted by Gasteiger charge is -2.31. The van der Waals surface area contributed by atoms with E-state index in [0.29, 0.717) is 32.7 Å². The summed E-state index contributed by atoms with van der Waals surface area (Å²) in [4.78, 5) is 67.1. The highest BCUT2D eigenvalue weighted by Gasteiger charge is 2.57. The molecule has 0 aliphatic carbocycles. The summed E-state index contributed by atoms with van der Waals surface area (Å²) in [6, 6.07) is 23.5. The number of non-ortho nitro benzene ring substituents is 1. The number of nitrogens with zero attached hydrogens (tertiary/aromatic N) is 3. The van der Waals surface area contributed by atoms with E-state index in [1.165, 1.54) is 43.1 Å². The van der Waals surface area contributed by atoms with Gasteiger partial charge in [-0.3, -0.25) is 33.9 Å². The van der Waals surface area contributed by atoms with Crippen LogP contribution in [0.5, 0.6) is 11.5 Å². The van der Waals surface area contributed by atoms with Crippen molar-refractivity contribution in [2.45, 2.75) is 22.7 Å². The Bertz CT molecular complexity index is 2190. The van der Waals surface area contributed by atoms with Crippen molar-refractivity contribution in [1.29, 1.82) is 0 Å². The number of nitrogens with one attached hydrogen (secondary N) is 1. The van der Waals surface area contributed by atoms with Crippen LogP contribution in [0.25, 0.3) is 10.8 Å². The van der Waals surface area contributed by atoms with E-state index in [1.807, 2.05) is 36.4 Å². The summed E-state index contributed by atoms with van der Waals surface area (Å²) >= 11 is 2.00. The van der Waals surface area contributed by atoms with Crippen LogP contribution in [0.1, 0.15) is 16.4 Å². The summed E-state index contributed by atoms with van der Waals surface area (Å²) in [5, 5.41) is 15.4. The van der Waals surface area contributed by atoms with E-state index in [-0.39, 0.29) is 17.9 Å². The van der Waals surface area contributed by atoms with Gasteiger partial charge in [-0.05, 0) is 41.3 Å². The van der Waals surface area contributed by atoms with Crippen molar-refractivity contribution in [3.8, 4) is 11.5 Å². The maximum absolute atomic E-state index is 14.2. The molecule has 7 rings (SSSR count). The largest absolute Gasteiger partial charge is 0.493 e. The fraction of sp³-hybridized carbons (Fsp3) is 0.176. The van der Waals surface area contributed by atoms with E-state index < -0.39 is 44.6 Å². The van der Waals surface area contributed by atoms with E-state index in [4.69, 9.17) is 9.47 Å². The molecule has 1 aromatic heterocycles. The number of benzene rings is 4. The van der Waals surface area contributed by atoms with Crippen LogP contribution >= 0.6 is 23.1 Å². The normalized spacial score (nSPS) is 18.4. The van der Waals surface area contributed by atoms with Gasteiger partial charge >= 0.3 is 4.87 Å². The number of amides is 3. The smallest absolute Gasteiger partial charge is 0.308 e. The third-order valence-corrected chi connectivity index (χ3v) is 11.1. The molecule has 5 aromatic rings. The topological polar surface area (TPSA) is 150 Å². The van der Waals surface area contributed by atoms with Crippen molar-refractivity contribution in [2.24, 2.45) is 5.92 Å². The molecule has 48 heavy (non-hydrogen) atoms. The van der Waals surface area contributed by atoms with Gasteiger partial charge in [0, 0.05) is 34.0 Å². The van der Waals surface area contributed by atoms with Crippen LogP contribution < -0.4 is 24.6 Å². The van der Waals surface area contributed by atoms with Crippen LogP contribution in [0.15, 0.2) is 94.7 Å². The third-order valence-electron chi connectivity index (χ3n) is 8.50. The van der Waals surface area contributed by atoms with E-state index in [2.05, 4.69) is 5.32 Å². The SMILES string of the molecule is COc1ccc([C@H]2c3sc(=O)n(CC(=O)Nc4cccc5ccccc45)c3SC3C(=O)N(c4ccc([N+](=O)[O-])cc4)C(=O)C32)cc1OC. The van der Waals surface area contributed by atoms with Gasteiger partial charge < -0.3 is 14.8 Å². The molecule has 2 aliphatic rings. The van der Waals surface area contributed by atoms with Crippen molar-refractivity contribution in [3.05, 3.63) is 115 Å². The molecule has 3 heterocycles. The minimum atomic E-state index is -0.945. The van der Waals surface area contributed by atoms with Crippen molar-refractivity contribution in [3.63, 3.8) is 0 Å². The molecule has 0 saturated carbocycles. The predicted molar refractivity (Wildman–Crippen MR) is 181 cm³/mol. The molecule has 242 valence electrons. The van der Waals surface area contributed by atoms with Gasteiger partial charge in [-0.15, -0.1) is 0 Å². The van der Waals surface area contributed by atoms with Gasteiger partial charge in [0.25, 0.3) is 5.69 Å². The number of nitro benzene ring substituents is 1. The molecule has 1 fully saturated rings. The molecule has 0 radical (unpaired) electrons. The highest BCUT2D eigenvalue weighted by atomic mass is 32.2. The standard InChI is InChI=1S/C34H26N4O8S2/c1-45-24-15-10-19(16-25(24)46-2)27-28-29(32(41)37(31(28)40)20-11-13-21(14-12-20)38(43)44)47-33-30(27)48-34(42)36(33)17-26(39)35-23-9-5-7-18-6-3-4-8-22(18)23/h3-16,27-29H,17H2,1-2H3,(H,35,39)/t27-,28?,29?/m1/s1. The van der Waals surface area contributed by atoms with Crippen LogP contribution in [-0.4, -0.2) is 46.7 Å². The zero-order chi connectivity index (χ0) is 33.7. The molecule has 3 amide bonds. The average molecular weight is 683 g/mol. The van der Waals surface area contributed by atoms with Gasteiger partial charge in [0.15, 0.2) is 11.5 Å². The molecule has 4 aromatic carbocycles. The molecule has 1 saturated heterocycles. The van der Waals surface area contributed by atoms with Crippen molar-refractivity contribution < 1.29 is 28.8 Å².